The van der Waals surface area contributed by atoms with Gasteiger partial charge in [-0.3, -0.25) is 4.90 Å². The molecule has 1 atom stereocenters. The molecule has 2 aliphatic heterocycles. The normalized spacial score (nSPS) is 19.2. The monoisotopic (exact) mass is 332 g/mol. The third-order valence-electron chi connectivity index (χ3n) is 5.15. The highest BCUT2D eigenvalue weighted by atomic mass is 16.5. The number of benzene rings is 2. The van der Waals surface area contributed by atoms with Crippen LogP contribution in [-0.4, -0.2) is 32.2 Å². The van der Waals surface area contributed by atoms with Crippen molar-refractivity contribution in [1.82, 2.24) is 4.90 Å². The van der Waals surface area contributed by atoms with Crippen LogP contribution < -0.4 is 9.47 Å². The number of hydrogen-bond acceptors (Lipinski definition) is 4. The second kappa shape index (κ2) is 6.27. The van der Waals surface area contributed by atoms with Gasteiger partial charge in [-0.05, 0) is 40.8 Å². The average Bonchev–Trinajstić information content (AvgIpc) is 3.06. The minimum absolute atomic E-state index is 0.0978. The highest BCUT2D eigenvalue weighted by Crippen LogP contribution is 2.48. The van der Waals surface area contributed by atoms with Crippen LogP contribution in [-0.2, 0) is 6.42 Å². The van der Waals surface area contributed by atoms with Crippen molar-refractivity contribution in [3.05, 3.63) is 64.7 Å². The first kappa shape index (κ1) is 15.7. The maximum atomic E-state index is 9.70. The van der Waals surface area contributed by atoms with Gasteiger partial charge in [-0.2, -0.15) is 5.26 Å². The van der Waals surface area contributed by atoms with Crippen molar-refractivity contribution >= 4 is 5.57 Å². The SMILES string of the molecule is COc1cc2c(cc1OC)C1C(c3ccccc3)=C(C#N)CN1CC2. The van der Waals surface area contributed by atoms with Crippen LogP contribution in [0.2, 0.25) is 0 Å². The van der Waals surface area contributed by atoms with E-state index in [0.29, 0.717) is 6.54 Å². The molecular formula is C21H20N2O2. The standard InChI is InChI=1S/C21H20N2O2/c1-24-18-10-15-8-9-23-13-16(12-22)20(14-6-4-3-5-7-14)21(23)17(15)11-19(18)25-2/h3-7,10-11,21H,8-9,13H2,1-2H3. The Morgan fingerprint density at radius 1 is 1.08 bits per heavy atom. The summed E-state index contributed by atoms with van der Waals surface area (Å²) < 4.78 is 11.0. The summed E-state index contributed by atoms with van der Waals surface area (Å²) in [6.45, 7) is 1.65. The van der Waals surface area contributed by atoms with Gasteiger partial charge in [0.15, 0.2) is 11.5 Å². The third-order valence-corrected chi connectivity index (χ3v) is 5.15. The predicted molar refractivity (Wildman–Crippen MR) is 96.5 cm³/mol. The van der Waals surface area contributed by atoms with Gasteiger partial charge in [-0.15, -0.1) is 0 Å². The largest absolute Gasteiger partial charge is 0.493 e. The number of rotatable bonds is 3. The molecule has 2 aliphatic rings. The zero-order chi connectivity index (χ0) is 17.4. The van der Waals surface area contributed by atoms with Gasteiger partial charge in [0, 0.05) is 18.7 Å². The zero-order valence-corrected chi connectivity index (χ0v) is 14.5. The van der Waals surface area contributed by atoms with Gasteiger partial charge in [-0.25, -0.2) is 0 Å². The molecule has 0 fully saturated rings. The van der Waals surface area contributed by atoms with Crippen molar-refractivity contribution in [2.24, 2.45) is 0 Å². The first-order chi connectivity index (χ1) is 12.3. The Morgan fingerprint density at radius 3 is 2.48 bits per heavy atom. The molecule has 0 N–H and O–H groups in total. The predicted octanol–water partition coefficient (Wildman–Crippen LogP) is 3.59. The van der Waals surface area contributed by atoms with Crippen LogP contribution in [0.5, 0.6) is 11.5 Å². The van der Waals surface area contributed by atoms with Crippen molar-refractivity contribution in [3.8, 4) is 17.6 Å². The topological polar surface area (TPSA) is 45.5 Å². The molecule has 126 valence electrons. The van der Waals surface area contributed by atoms with Crippen molar-refractivity contribution in [2.45, 2.75) is 12.5 Å². The summed E-state index contributed by atoms with van der Waals surface area (Å²) in [5.74, 6) is 1.50. The second-order valence-electron chi connectivity index (χ2n) is 6.40. The number of methoxy groups -OCH3 is 2. The number of nitrogens with zero attached hydrogens (tertiary/aromatic N) is 2. The lowest BCUT2D eigenvalue weighted by atomic mass is 9.86. The van der Waals surface area contributed by atoms with Gasteiger partial charge < -0.3 is 9.47 Å². The molecule has 25 heavy (non-hydrogen) atoms. The first-order valence-electron chi connectivity index (χ1n) is 8.44. The lowest BCUT2D eigenvalue weighted by Gasteiger charge is -2.34. The fraction of sp³-hybridized carbons (Fsp3) is 0.286. The summed E-state index contributed by atoms with van der Waals surface area (Å²) in [6, 6.07) is 16.9. The zero-order valence-electron chi connectivity index (χ0n) is 14.5. The van der Waals surface area contributed by atoms with E-state index in [1.165, 1.54) is 11.1 Å². The summed E-state index contributed by atoms with van der Waals surface area (Å²) in [7, 11) is 3.33. The number of nitriles is 1. The summed E-state index contributed by atoms with van der Waals surface area (Å²) >= 11 is 0. The van der Waals surface area contributed by atoms with Gasteiger partial charge in [0.25, 0.3) is 0 Å². The molecular weight excluding hydrogens is 312 g/mol. The molecule has 0 aliphatic carbocycles. The molecule has 0 saturated heterocycles. The molecule has 4 heteroatoms. The van der Waals surface area contributed by atoms with Crippen molar-refractivity contribution in [3.63, 3.8) is 0 Å². The summed E-state index contributed by atoms with van der Waals surface area (Å²) in [4.78, 5) is 2.38. The molecule has 4 rings (SSSR count). The Balaban J connectivity index is 1.89. The van der Waals surface area contributed by atoms with E-state index in [2.05, 4.69) is 35.2 Å². The molecule has 4 nitrogen and oxygen atoms in total. The van der Waals surface area contributed by atoms with Gasteiger partial charge in [0.05, 0.1) is 26.3 Å². The summed E-state index contributed by atoms with van der Waals surface area (Å²) in [5.41, 5.74) is 5.59. The maximum Gasteiger partial charge on any atom is 0.161 e. The molecule has 0 saturated carbocycles. The fourth-order valence-electron chi connectivity index (χ4n) is 4.00. The van der Waals surface area contributed by atoms with Gasteiger partial charge in [-0.1, -0.05) is 30.3 Å². The quantitative estimate of drug-likeness (QED) is 0.862. The summed E-state index contributed by atoms with van der Waals surface area (Å²) in [5, 5.41) is 9.70. The van der Waals surface area contributed by atoms with E-state index in [1.807, 2.05) is 18.2 Å². The smallest absolute Gasteiger partial charge is 0.161 e. The molecule has 2 aromatic rings. The van der Waals surface area contributed by atoms with Crippen molar-refractivity contribution in [1.29, 1.82) is 5.26 Å². The second-order valence-corrected chi connectivity index (χ2v) is 6.40. The van der Waals surface area contributed by atoms with Crippen LogP contribution in [0, 0.1) is 11.3 Å². The Hall–Kier alpha value is -2.77. The lowest BCUT2D eigenvalue weighted by molar-refractivity contribution is 0.263. The van der Waals surface area contributed by atoms with E-state index in [9.17, 15) is 5.26 Å². The Morgan fingerprint density at radius 2 is 1.80 bits per heavy atom. The Kier molecular flexibility index (Phi) is 3.95. The average molecular weight is 332 g/mol. The van der Waals surface area contributed by atoms with E-state index in [-0.39, 0.29) is 6.04 Å². The molecule has 2 heterocycles. The summed E-state index contributed by atoms with van der Waals surface area (Å²) in [6.07, 6.45) is 0.951. The molecule has 0 radical (unpaired) electrons. The minimum atomic E-state index is 0.0978. The Labute approximate surface area is 147 Å². The molecule has 1 unspecified atom stereocenters. The third kappa shape index (κ3) is 2.48. The highest BCUT2D eigenvalue weighted by molar-refractivity contribution is 5.80. The van der Waals surface area contributed by atoms with Gasteiger partial charge in [0.2, 0.25) is 0 Å². The van der Waals surface area contributed by atoms with E-state index in [0.717, 1.165) is 41.2 Å². The molecule has 0 amide bonds. The Bertz CT molecular complexity index is 881. The van der Waals surface area contributed by atoms with Crippen LogP contribution in [0.25, 0.3) is 5.57 Å². The van der Waals surface area contributed by atoms with Crippen LogP contribution in [0.3, 0.4) is 0 Å². The van der Waals surface area contributed by atoms with Gasteiger partial charge in [0.1, 0.15) is 0 Å². The first-order valence-corrected chi connectivity index (χ1v) is 8.44. The molecule has 0 aromatic heterocycles. The molecule has 0 bridgehead atoms. The van der Waals surface area contributed by atoms with E-state index >= 15 is 0 Å². The van der Waals surface area contributed by atoms with E-state index < -0.39 is 0 Å². The molecule has 2 aromatic carbocycles. The van der Waals surface area contributed by atoms with Crippen LogP contribution in [0.15, 0.2) is 48.0 Å². The fourth-order valence-corrected chi connectivity index (χ4v) is 4.00. The van der Waals surface area contributed by atoms with Gasteiger partial charge >= 0.3 is 0 Å². The highest BCUT2D eigenvalue weighted by Gasteiger charge is 2.38. The number of hydrogen-bond donors (Lipinski definition) is 0. The van der Waals surface area contributed by atoms with Crippen molar-refractivity contribution < 1.29 is 9.47 Å². The van der Waals surface area contributed by atoms with E-state index in [4.69, 9.17) is 9.47 Å². The van der Waals surface area contributed by atoms with Crippen LogP contribution >= 0.6 is 0 Å². The lowest BCUT2D eigenvalue weighted by Crippen LogP contribution is -2.32. The van der Waals surface area contributed by atoms with Crippen molar-refractivity contribution in [2.75, 3.05) is 27.3 Å². The number of ether oxygens (including phenoxy) is 2. The van der Waals surface area contributed by atoms with E-state index in [1.54, 1.807) is 14.2 Å². The van der Waals surface area contributed by atoms with Crippen LogP contribution in [0.4, 0.5) is 0 Å². The minimum Gasteiger partial charge on any atom is -0.493 e. The maximum absolute atomic E-state index is 9.70. The number of fused-ring (bicyclic) bond motifs is 3. The molecule has 0 spiro atoms. The van der Waals surface area contributed by atoms with Crippen LogP contribution in [0.1, 0.15) is 22.7 Å².